The van der Waals surface area contributed by atoms with Crippen molar-refractivity contribution < 1.29 is 9.59 Å². The maximum absolute atomic E-state index is 13.7. The minimum Gasteiger partial charge on any atom is -0.342 e. The summed E-state index contributed by atoms with van der Waals surface area (Å²) in [6.07, 6.45) is 17.8. The zero-order valence-electron chi connectivity index (χ0n) is 19.0. The second-order valence-corrected chi connectivity index (χ2v) is 10.7. The molecule has 2 atom stereocenters. The largest absolute Gasteiger partial charge is 0.342 e. The van der Waals surface area contributed by atoms with Crippen LogP contribution in [0.4, 0.5) is 5.95 Å². The quantitative estimate of drug-likeness (QED) is 0.605. The number of anilines is 1. The highest BCUT2D eigenvalue weighted by atomic mass is 16.2. The van der Waals surface area contributed by atoms with Crippen LogP contribution in [0.5, 0.6) is 0 Å². The third-order valence-electron chi connectivity index (χ3n) is 8.55. The molecule has 2 heterocycles. The van der Waals surface area contributed by atoms with E-state index < -0.39 is 5.92 Å². The number of aromatic amines is 1. The Kier molecular flexibility index (Phi) is 6.47. The molecule has 0 radical (unpaired) electrons. The van der Waals surface area contributed by atoms with E-state index in [2.05, 4.69) is 9.88 Å². The molecule has 5 nitrogen and oxygen atoms in total. The van der Waals surface area contributed by atoms with Crippen LogP contribution in [0, 0.1) is 17.8 Å². The molecule has 3 fully saturated rings. The smallest absolute Gasteiger partial charge is 0.203 e. The maximum atomic E-state index is 13.7. The van der Waals surface area contributed by atoms with Gasteiger partial charge < -0.3 is 9.88 Å². The van der Waals surface area contributed by atoms with Crippen molar-refractivity contribution in [3.63, 3.8) is 0 Å². The molecule has 0 amide bonds. The third-order valence-corrected chi connectivity index (χ3v) is 8.55. The zero-order chi connectivity index (χ0) is 21.2. The van der Waals surface area contributed by atoms with Crippen molar-refractivity contribution in [3.8, 4) is 0 Å². The molecule has 4 aliphatic rings. The molecule has 1 N–H and O–H groups in total. The molecule has 5 heteroatoms. The molecule has 5 rings (SSSR count). The number of imidazole rings is 1. The Labute approximate surface area is 186 Å². The van der Waals surface area contributed by atoms with E-state index >= 15 is 0 Å². The highest BCUT2D eigenvalue weighted by Gasteiger charge is 2.45. The molecular formula is C26H39N3O2. The van der Waals surface area contributed by atoms with Crippen LogP contribution in [0.2, 0.25) is 0 Å². The van der Waals surface area contributed by atoms with Crippen molar-refractivity contribution in [1.29, 1.82) is 0 Å². The first-order valence-electron chi connectivity index (χ1n) is 13.1. The van der Waals surface area contributed by atoms with Gasteiger partial charge in [-0.05, 0) is 43.9 Å². The van der Waals surface area contributed by atoms with Gasteiger partial charge >= 0.3 is 0 Å². The highest BCUT2D eigenvalue weighted by molar-refractivity contribution is 6.16. The predicted octanol–water partition coefficient (Wildman–Crippen LogP) is 5.81. The van der Waals surface area contributed by atoms with Crippen LogP contribution >= 0.6 is 0 Å². The fraction of sp³-hybridized carbons (Fsp3) is 0.808. The molecule has 170 valence electrons. The number of hydrogen-bond donors (Lipinski definition) is 1. The lowest BCUT2D eigenvalue weighted by Gasteiger charge is -2.32. The highest BCUT2D eigenvalue weighted by Crippen LogP contribution is 2.42. The number of H-pyrrole nitrogens is 1. The topological polar surface area (TPSA) is 66.1 Å². The predicted molar refractivity (Wildman–Crippen MR) is 123 cm³/mol. The molecule has 31 heavy (non-hydrogen) atoms. The summed E-state index contributed by atoms with van der Waals surface area (Å²) in [5, 5.41) is 0. The van der Waals surface area contributed by atoms with Gasteiger partial charge in [-0.1, -0.05) is 64.2 Å². The van der Waals surface area contributed by atoms with Gasteiger partial charge in [-0.25, -0.2) is 4.98 Å². The molecule has 1 aliphatic heterocycles. The Morgan fingerprint density at radius 3 is 1.90 bits per heavy atom. The number of Topliss-reactive ketones (excluding diaryl/α,β-unsaturated/α-hetero) is 2. The fourth-order valence-corrected chi connectivity index (χ4v) is 6.72. The van der Waals surface area contributed by atoms with Gasteiger partial charge in [0.2, 0.25) is 5.95 Å². The Balaban J connectivity index is 1.43. The first kappa shape index (κ1) is 21.2. The maximum Gasteiger partial charge on any atom is 0.203 e. The Morgan fingerprint density at radius 2 is 1.29 bits per heavy atom. The summed E-state index contributed by atoms with van der Waals surface area (Å²) in [7, 11) is 0. The van der Waals surface area contributed by atoms with E-state index in [9.17, 15) is 9.59 Å². The number of ketones is 2. The van der Waals surface area contributed by atoms with E-state index in [0.717, 1.165) is 37.6 Å². The lowest BCUT2D eigenvalue weighted by molar-refractivity contribution is -0.124. The number of aromatic nitrogens is 2. The zero-order valence-corrected chi connectivity index (χ0v) is 19.0. The SMILES string of the molecule is O=C1c2nc(N3CCCCC3)[nH]c2C(CC2CCCCC2)C(=O)C1CC1CCCCC1. The van der Waals surface area contributed by atoms with Crippen LogP contribution in [0.3, 0.4) is 0 Å². The molecule has 0 aromatic carbocycles. The van der Waals surface area contributed by atoms with Crippen molar-refractivity contribution >= 4 is 17.5 Å². The second-order valence-electron chi connectivity index (χ2n) is 10.7. The summed E-state index contributed by atoms with van der Waals surface area (Å²) in [4.78, 5) is 37.9. The average molecular weight is 426 g/mol. The first-order valence-corrected chi connectivity index (χ1v) is 13.1. The van der Waals surface area contributed by atoms with Crippen LogP contribution in [-0.4, -0.2) is 34.6 Å². The summed E-state index contributed by atoms with van der Waals surface area (Å²) < 4.78 is 0. The van der Waals surface area contributed by atoms with Crippen LogP contribution in [-0.2, 0) is 4.79 Å². The van der Waals surface area contributed by atoms with Crippen LogP contribution in [0.15, 0.2) is 0 Å². The van der Waals surface area contributed by atoms with Crippen LogP contribution in [0.25, 0.3) is 0 Å². The van der Waals surface area contributed by atoms with E-state index in [-0.39, 0.29) is 17.5 Å². The van der Waals surface area contributed by atoms with Gasteiger partial charge in [0.25, 0.3) is 0 Å². The van der Waals surface area contributed by atoms with Crippen molar-refractivity contribution in [2.75, 3.05) is 18.0 Å². The van der Waals surface area contributed by atoms with Gasteiger partial charge in [0.05, 0.1) is 17.5 Å². The van der Waals surface area contributed by atoms with E-state index in [4.69, 9.17) is 4.98 Å². The number of carbonyl (C=O) groups is 2. The molecule has 0 bridgehead atoms. The molecule has 0 spiro atoms. The van der Waals surface area contributed by atoms with Crippen molar-refractivity contribution in [2.45, 2.75) is 102 Å². The van der Waals surface area contributed by atoms with Crippen molar-refractivity contribution in [2.24, 2.45) is 17.8 Å². The minimum atomic E-state index is -0.457. The van der Waals surface area contributed by atoms with Crippen LogP contribution < -0.4 is 4.90 Å². The lowest BCUT2D eigenvalue weighted by atomic mass is 9.70. The average Bonchev–Trinajstić information content (AvgIpc) is 3.27. The molecule has 3 aliphatic carbocycles. The third kappa shape index (κ3) is 4.47. The molecule has 1 aromatic rings. The number of nitrogens with one attached hydrogen (secondary N) is 1. The summed E-state index contributed by atoms with van der Waals surface area (Å²) in [5.74, 6) is 1.56. The molecule has 1 saturated heterocycles. The number of hydrogen-bond acceptors (Lipinski definition) is 4. The lowest BCUT2D eigenvalue weighted by Crippen LogP contribution is -2.38. The second kappa shape index (κ2) is 9.46. The number of carbonyl (C=O) groups excluding carboxylic acids is 2. The monoisotopic (exact) mass is 425 g/mol. The van der Waals surface area contributed by atoms with Crippen LogP contribution in [0.1, 0.15) is 118 Å². The molecule has 2 saturated carbocycles. The van der Waals surface area contributed by atoms with Gasteiger partial charge in [-0.2, -0.15) is 0 Å². The summed E-state index contributed by atoms with van der Waals surface area (Å²) in [6.45, 7) is 1.99. The standard InChI is InChI=1S/C26H39N3O2/c30-24-20(16-18-10-4-1-5-11-18)22-23(28-26(27-22)29-14-8-3-9-15-29)25(31)21(24)17-19-12-6-2-7-13-19/h18-21H,1-17H2,(H,27,28). The van der Waals surface area contributed by atoms with E-state index in [1.54, 1.807) is 0 Å². The number of nitrogens with zero attached hydrogens (tertiary/aromatic N) is 2. The Morgan fingerprint density at radius 1 is 0.742 bits per heavy atom. The normalized spacial score (nSPS) is 28.7. The number of piperidine rings is 1. The van der Waals surface area contributed by atoms with Gasteiger partial charge in [0.1, 0.15) is 5.69 Å². The number of rotatable bonds is 5. The summed E-state index contributed by atoms with van der Waals surface area (Å²) >= 11 is 0. The van der Waals surface area contributed by atoms with Crippen molar-refractivity contribution in [3.05, 3.63) is 11.4 Å². The minimum absolute atomic E-state index is 0.00461. The van der Waals surface area contributed by atoms with Gasteiger partial charge in [-0.3, -0.25) is 9.59 Å². The van der Waals surface area contributed by atoms with Gasteiger partial charge in [0, 0.05) is 13.1 Å². The molecule has 2 unspecified atom stereocenters. The van der Waals surface area contributed by atoms with Gasteiger partial charge in [-0.15, -0.1) is 0 Å². The van der Waals surface area contributed by atoms with Gasteiger partial charge in [0.15, 0.2) is 11.6 Å². The van der Waals surface area contributed by atoms with E-state index in [1.807, 2.05) is 0 Å². The fourth-order valence-electron chi connectivity index (χ4n) is 6.72. The van der Waals surface area contributed by atoms with Crippen molar-refractivity contribution in [1.82, 2.24) is 9.97 Å². The van der Waals surface area contributed by atoms with E-state index in [0.29, 0.717) is 17.5 Å². The summed E-state index contributed by atoms with van der Waals surface area (Å²) in [5.41, 5.74) is 1.45. The Hall–Kier alpha value is -1.65. The molecular weight excluding hydrogens is 386 g/mol. The summed E-state index contributed by atoms with van der Waals surface area (Å²) in [6, 6.07) is 0. The number of fused-ring (bicyclic) bond motifs is 1. The van der Waals surface area contributed by atoms with E-state index in [1.165, 1.54) is 83.5 Å². The molecule has 1 aromatic heterocycles. The Bertz CT molecular complexity index is 783. The first-order chi connectivity index (χ1) is 15.2.